The third-order valence-corrected chi connectivity index (χ3v) is 10.7. The van der Waals surface area contributed by atoms with Gasteiger partial charge in [0.1, 0.15) is 15.8 Å². The second kappa shape index (κ2) is 24.4. The van der Waals surface area contributed by atoms with Gasteiger partial charge in [-0.15, -0.1) is 5.11 Å². The zero-order chi connectivity index (χ0) is 39.9. The molecule has 0 aliphatic carbocycles. The number of amides is 1. The lowest BCUT2D eigenvalue weighted by atomic mass is 10.0. The SMILES string of the molecule is CCCCCCCCCC[N+](C)(C)CCCCCCCCCC.O=C(Nc1ccccc1)c1cc2ccccc2c(N=Nc2cccc(S(=O)(=O)[O-])c2)c1O. The number of carbonyl (C=O) groups is 1. The molecule has 2 N–H and O–H groups in total. The number of hydrogen-bond donors (Lipinski definition) is 2. The Balaban J connectivity index is 0.000000315. The maximum atomic E-state index is 12.8. The average Bonchev–Trinajstić information content (AvgIpc) is 3.16. The predicted octanol–water partition coefficient (Wildman–Crippen LogP) is 12.5. The lowest BCUT2D eigenvalue weighted by molar-refractivity contribution is -0.890. The molecule has 0 aliphatic rings. The number of benzene rings is 4. The number of nitrogens with one attached hydrogen (secondary N) is 1. The molecule has 55 heavy (non-hydrogen) atoms. The number of azo groups is 1. The lowest BCUT2D eigenvalue weighted by Crippen LogP contribution is -2.41. The molecule has 9 nitrogen and oxygen atoms in total. The van der Waals surface area contributed by atoms with Crippen molar-refractivity contribution in [2.45, 2.75) is 121 Å². The van der Waals surface area contributed by atoms with Crippen LogP contribution in [-0.2, 0) is 10.1 Å². The van der Waals surface area contributed by atoms with Gasteiger partial charge in [-0.25, -0.2) is 8.42 Å². The predicted molar refractivity (Wildman–Crippen MR) is 226 cm³/mol. The first-order chi connectivity index (χ1) is 26.4. The molecular formula is C45H64N4O5S. The van der Waals surface area contributed by atoms with Gasteiger partial charge < -0.3 is 19.5 Å². The van der Waals surface area contributed by atoms with Gasteiger partial charge in [0, 0.05) is 11.1 Å². The quantitative estimate of drug-likeness (QED) is 0.0335. The first-order valence-electron chi connectivity index (χ1n) is 20.4. The Kier molecular flexibility index (Phi) is 20.1. The highest BCUT2D eigenvalue weighted by molar-refractivity contribution is 7.85. The lowest BCUT2D eigenvalue weighted by Gasteiger charge is -2.30. The highest BCUT2D eigenvalue weighted by Crippen LogP contribution is 2.39. The highest BCUT2D eigenvalue weighted by atomic mass is 32.2. The van der Waals surface area contributed by atoms with E-state index >= 15 is 0 Å². The third-order valence-electron chi connectivity index (χ3n) is 9.88. The number of fused-ring (bicyclic) bond motifs is 1. The van der Waals surface area contributed by atoms with Crippen molar-refractivity contribution in [2.24, 2.45) is 10.2 Å². The number of quaternary nitrogens is 1. The molecule has 0 bridgehead atoms. The first kappa shape index (κ1) is 45.3. The summed E-state index contributed by atoms with van der Waals surface area (Å²) in [6.07, 6.45) is 23.0. The monoisotopic (exact) mass is 772 g/mol. The first-order valence-corrected chi connectivity index (χ1v) is 21.8. The van der Waals surface area contributed by atoms with Crippen molar-refractivity contribution < 1.29 is 27.4 Å². The standard InChI is InChI=1S/C23H17N3O5S.C22H48N/c27-22-20(23(28)24-16-8-2-1-3-9-16)13-15-7-4-5-12-19(15)21(22)26-25-17-10-6-11-18(14-17)32(29,30)31;1-5-7-9-11-13-15-17-19-21-23(3,4)22-20-18-16-14-12-10-8-6-2/h1-14,27H,(H,24,28)(H,29,30,31);5-22H2,1-4H3/q;+1/p-1. The van der Waals surface area contributed by atoms with Gasteiger partial charge in [0.05, 0.1) is 43.3 Å². The molecule has 300 valence electrons. The van der Waals surface area contributed by atoms with Gasteiger partial charge in [0.2, 0.25) is 0 Å². The summed E-state index contributed by atoms with van der Waals surface area (Å²) in [5.41, 5.74) is 0.697. The molecule has 0 spiro atoms. The Labute approximate surface area is 330 Å². The smallest absolute Gasteiger partial charge is 0.259 e. The van der Waals surface area contributed by atoms with Crippen LogP contribution in [0.4, 0.5) is 17.1 Å². The van der Waals surface area contributed by atoms with Gasteiger partial charge in [-0.3, -0.25) is 4.79 Å². The Morgan fingerprint density at radius 2 is 1.20 bits per heavy atom. The number of phenolic OH excluding ortho intramolecular Hbond substituents is 1. The van der Waals surface area contributed by atoms with E-state index in [2.05, 4.69) is 43.5 Å². The van der Waals surface area contributed by atoms with Crippen molar-refractivity contribution in [3.8, 4) is 5.75 Å². The number of nitrogens with zero attached hydrogens (tertiary/aromatic N) is 3. The van der Waals surface area contributed by atoms with Crippen LogP contribution in [0.25, 0.3) is 10.8 Å². The molecule has 4 aromatic rings. The van der Waals surface area contributed by atoms with E-state index in [4.69, 9.17) is 0 Å². The van der Waals surface area contributed by atoms with Crippen LogP contribution in [0.5, 0.6) is 5.75 Å². The van der Waals surface area contributed by atoms with Gasteiger partial charge in [-0.2, -0.15) is 5.11 Å². The maximum Gasteiger partial charge on any atom is 0.259 e. The van der Waals surface area contributed by atoms with Gasteiger partial charge in [0.15, 0.2) is 5.75 Å². The molecule has 0 radical (unpaired) electrons. The number of rotatable bonds is 23. The number of para-hydroxylation sites is 1. The van der Waals surface area contributed by atoms with E-state index in [1.54, 1.807) is 54.6 Å². The maximum absolute atomic E-state index is 12.8. The number of anilines is 1. The van der Waals surface area contributed by atoms with E-state index in [0.29, 0.717) is 16.5 Å². The molecule has 4 rings (SSSR count). The topological polar surface area (TPSA) is 131 Å². The Morgan fingerprint density at radius 1 is 0.673 bits per heavy atom. The number of aromatic hydroxyl groups is 1. The van der Waals surface area contributed by atoms with Crippen LogP contribution in [0.1, 0.15) is 127 Å². The third kappa shape index (κ3) is 17.1. The summed E-state index contributed by atoms with van der Waals surface area (Å²) in [6.45, 7) is 7.36. The van der Waals surface area contributed by atoms with Crippen molar-refractivity contribution in [3.05, 3.63) is 90.5 Å². The summed E-state index contributed by atoms with van der Waals surface area (Å²) in [5, 5.41) is 22.8. The summed E-state index contributed by atoms with van der Waals surface area (Å²) in [5.74, 6) is -0.913. The van der Waals surface area contributed by atoms with Gasteiger partial charge in [-0.05, 0) is 67.5 Å². The van der Waals surface area contributed by atoms with Crippen LogP contribution < -0.4 is 5.32 Å². The number of phenols is 1. The Hall–Kier alpha value is -4.12. The van der Waals surface area contributed by atoms with E-state index in [0.717, 1.165) is 12.1 Å². The summed E-state index contributed by atoms with van der Waals surface area (Å²) >= 11 is 0. The molecule has 0 aromatic heterocycles. The van der Waals surface area contributed by atoms with Gasteiger partial charge in [-0.1, -0.05) is 139 Å². The molecule has 1 amide bonds. The van der Waals surface area contributed by atoms with Gasteiger partial charge in [0.25, 0.3) is 5.91 Å². The molecule has 0 atom stereocenters. The molecule has 10 heteroatoms. The summed E-state index contributed by atoms with van der Waals surface area (Å²) in [7, 11) is 0.213. The molecular weight excluding hydrogens is 709 g/mol. The average molecular weight is 773 g/mol. The van der Waals surface area contributed by atoms with Crippen LogP contribution in [0.3, 0.4) is 0 Å². The normalized spacial score (nSPS) is 11.8. The van der Waals surface area contributed by atoms with Crippen molar-refractivity contribution >= 4 is 43.9 Å². The van der Waals surface area contributed by atoms with Crippen LogP contribution in [0, 0.1) is 0 Å². The van der Waals surface area contributed by atoms with E-state index in [-0.39, 0.29) is 22.7 Å². The highest BCUT2D eigenvalue weighted by Gasteiger charge is 2.19. The van der Waals surface area contributed by atoms with Crippen LogP contribution in [0.2, 0.25) is 0 Å². The van der Waals surface area contributed by atoms with Crippen LogP contribution in [0.15, 0.2) is 100 Å². The van der Waals surface area contributed by atoms with Crippen molar-refractivity contribution in [1.82, 2.24) is 0 Å². The van der Waals surface area contributed by atoms with Crippen LogP contribution >= 0.6 is 0 Å². The van der Waals surface area contributed by atoms with Crippen molar-refractivity contribution in [1.29, 1.82) is 0 Å². The minimum atomic E-state index is -4.65. The number of carbonyl (C=O) groups excluding carboxylic acids is 1. The minimum Gasteiger partial charge on any atom is -0.744 e. The summed E-state index contributed by atoms with van der Waals surface area (Å²) < 4.78 is 35.0. The Bertz CT molecular complexity index is 1840. The fourth-order valence-electron chi connectivity index (χ4n) is 6.58. The van der Waals surface area contributed by atoms with E-state index < -0.39 is 20.9 Å². The summed E-state index contributed by atoms with van der Waals surface area (Å²) in [4.78, 5) is 12.4. The van der Waals surface area contributed by atoms with E-state index in [9.17, 15) is 22.9 Å². The van der Waals surface area contributed by atoms with E-state index in [1.165, 1.54) is 132 Å². The molecule has 0 heterocycles. The summed E-state index contributed by atoms with van der Waals surface area (Å²) in [6, 6.07) is 22.4. The van der Waals surface area contributed by atoms with Crippen molar-refractivity contribution in [2.75, 3.05) is 32.5 Å². The van der Waals surface area contributed by atoms with Crippen LogP contribution in [-0.4, -0.2) is 55.7 Å². The molecule has 0 aliphatic heterocycles. The fourth-order valence-corrected chi connectivity index (χ4v) is 7.09. The molecule has 0 saturated carbocycles. The molecule has 4 aromatic carbocycles. The zero-order valence-corrected chi connectivity index (χ0v) is 34.5. The largest absolute Gasteiger partial charge is 0.744 e. The number of hydrogen-bond acceptors (Lipinski definition) is 7. The van der Waals surface area contributed by atoms with E-state index in [1.807, 2.05) is 6.07 Å². The Morgan fingerprint density at radius 3 is 1.76 bits per heavy atom. The fraction of sp³-hybridized carbons (Fsp3) is 0.489. The number of unbranched alkanes of at least 4 members (excludes halogenated alkanes) is 14. The molecule has 0 unspecified atom stereocenters. The second-order valence-electron chi connectivity index (χ2n) is 15.1. The second-order valence-corrected chi connectivity index (χ2v) is 16.5. The van der Waals surface area contributed by atoms with Crippen molar-refractivity contribution in [3.63, 3.8) is 0 Å². The van der Waals surface area contributed by atoms with Gasteiger partial charge >= 0.3 is 0 Å². The molecule has 0 saturated heterocycles. The minimum absolute atomic E-state index is 0.00242. The zero-order valence-electron chi connectivity index (χ0n) is 33.6. The molecule has 0 fully saturated rings.